The number of likely N-dealkylation sites (N-methyl/N-ethyl adjacent to an activating group) is 1. The molecule has 8 nitrogen and oxygen atoms in total. The first-order chi connectivity index (χ1) is 13.0. The predicted octanol–water partition coefficient (Wildman–Crippen LogP) is 0.755. The number of likely N-dealkylation sites (tertiary alicyclic amines) is 1. The number of carbonyl (C=O) groups excluding carboxylic acids is 3. The zero-order valence-corrected chi connectivity index (χ0v) is 15.4. The van der Waals surface area contributed by atoms with Gasteiger partial charge in [0.2, 0.25) is 11.8 Å². The van der Waals surface area contributed by atoms with E-state index in [0.717, 1.165) is 0 Å². The van der Waals surface area contributed by atoms with E-state index in [2.05, 4.69) is 15.6 Å². The lowest BCUT2D eigenvalue weighted by atomic mass is 10.1. The quantitative estimate of drug-likeness (QED) is 0.718. The molecule has 0 aliphatic carbocycles. The Morgan fingerprint density at radius 1 is 1.41 bits per heavy atom. The van der Waals surface area contributed by atoms with Crippen LogP contribution in [0, 0.1) is 11.3 Å². The Kier molecular flexibility index (Phi) is 7.06. The number of aromatic nitrogens is 1. The summed E-state index contributed by atoms with van der Waals surface area (Å²) in [6.07, 6.45) is 5.42. The van der Waals surface area contributed by atoms with Crippen LogP contribution in [-0.4, -0.2) is 52.8 Å². The number of nitrogens with zero attached hydrogens (tertiary/aromatic N) is 3. The summed E-state index contributed by atoms with van der Waals surface area (Å²) in [5.74, 6) is -0.723. The molecule has 2 atom stereocenters. The van der Waals surface area contributed by atoms with E-state index in [1.54, 1.807) is 12.2 Å². The number of rotatable bonds is 6. The topological polar surface area (TPSA) is 115 Å². The van der Waals surface area contributed by atoms with E-state index in [1.165, 1.54) is 23.2 Å². The Morgan fingerprint density at radius 2 is 2.19 bits per heavy atom. The fourth-order valence-corrected chi connectivity index (χ4v) is 2.96. The molecule has 1 saturated heterocycles. The van der Waals surface area contributed by atoms with Crippen molar-refractivity contribution in [3.63, 3.8) is 0 Å². The van der Waals surface area contributed by atoms with Crippen LogP contribution in [0.15, 0.2) is 30.5 Å². The second-order valence-electron chi connectivity index (χ2n) is 6.18. The number of nitriles is 1. The zero-order valence-electron chi connectivity index (χ0n) is 15.4. The summed E-state index contributed by atoms with van der Waals surface area (Å²) in [5.41, 5.74) is 0.548. The van der Waals surface area contributed by atoms with Crippen molar-refractivity contribution in [2.75, 3.05) is 13.1 Å². The van der Waals surface area contributed by atoms with E-state index in [-0.39, 0.29) is 42.4 Å². The molecule has 0 unspecified atom stereocenters. The maximum Gasteiger partial charge on any atom is 0.253 e. The van der Waals surface area contributed by atoms with Crippen LogP contribution in [0.3, 0.4) is 0 Å². The van der Waals surface area contributed by atoms with E-state index >= 15 is 0 Å². The molecule has 2 heterocycles. The number of amides is 3. The molecular formula is C19H23N5O3. The highest BCUT2D eigenvalue weighted by molar-refractivity contribution is 5.94. The van der Waals surface area contributed by atoms with Gasteiger partial charge in [-0.1, -0.05) is 12.2 Å². The van der Waals surface area contributed by atoms with Crippen molar-refractivity contribution >= 4 is 17.7 Å². The lowest BCUT2D eigenvalue weighted by molar-refractivity contribution is -0.137. The molecule has 0 bridgehead atoms. The van der Waals surface area contributed by atoms with Gasteiger partial charge < -0.3 is 15.5 Å². The van der Waals surface area contributed by atoms with Gasteiger partial charge in [-0.15, -0.1) is 0 Å². The van der Waals surface area contributed by atoms with Gasteiger partial charge in [-0.2, -0.15) is 5.26 Å². The van der Waals surface area contributed by atoms with Gasteiger partial charge in [-0.25, -0.2) is 4.98 Å². The van der Waals surface area contributed by atoms with E-state index in [0.29, 0.717) is 18.5 Å². The molecule has 2 rings (SSSR count). The van der Waals surface area contributed by atoms with Crippen molar-refractivity contribution < 1.29 is 14.4 Å². The molecule has 1 fully saturated rings. The van der Waals surface area contributed by atoms with Crippen LogP contribution < -0.4 is 10.6 Å². The molecular weight excluding hydrogens is 346 g/mol. The van der Waals surface area contributed by atoms with Crippen LogP contribution in [0.1, 0.15) is 42.7 Å². The Morgan fingerprint density at radius 3 is 2.78 bits per heavy atom. The maximum atomic E-state index is 12.4. The summed E-state index contributed by atoms with van der Waals surface area (Å²) in [4.78, 5) is 42.6. The van der Waals surface area contributed by atoms with Crippen LogP contribution in [0.25, 0.3) is 0 Å². The molecule has 27 heavy (non-hydrogen) atoms. The minimum atomic E-state index is -0.605. The van der Waals surface area contributed by atoms with E-state index in [9.17, 15) is 14.4 Å². The molecule has 8 heteroatoms. The Balaban J connectivity index is 2.08. The maximum absolute atomic E-state index is 12.4. The van der Waals surface area contributed by atoms with Crippen molar-refractivity contribution in [2.24, 2.45) is 0 Å². The summed E-state index contributed by atoms with van der Waals surface area (Å²) in [5, 5.41) is 14.4. The van der Waals surface area contributed by atoms with Crippen LogP contribution >= 0.6 is 0 Å². The van der Waals surface area contributed by atoms with Gasteiger partial charge in [-0.05, 0) is 32.4 Å². The average molecular weight is 369 g/mol. The number of hydrogen-bond acceptors (Lipinski definition) is 5. The third kappa shape index (κ3) is 5.14. The third-order valence-electron chi connectivity index (χ3n) is 4.28. The number of nitrogens with one attached hydrogen (secondary N) is 2. The van der Waals surface area contributed by atoms with Crippen molar-refractivity contribution in [1.82, 2.24) is 20.5 Å². The summed E-state index contributed by atoms with van der Waals surface area (Å²) in [7, 11) is 0. The summed E-state index contributed by atoms with van der Waals surface area (Å²) in [6.45, 7) is 4.39. The Bertz CT molecular complexity index is 767. The summed E-state index contributed by atoms with van der Waals surface area (Å²) in [6, 6.07) is 3.94. The van der Waals surface area contributed by atoms with Crippen LogP contribution in [0.5, 0.6) is 0 Å². The van der Waals surface area contributed by atoms with Gasteiger partial charge >= 0.3 is 0 Å². The Labute approximate surface area is 158 Å². The molecule has 1 aliphatic rings. The number of pyridine rings is 1. The van der Waals surface area contributed by atoms with Crippen molar-refractivity contribution in [3.8, 4) is 6.07 Å². The average Bonchev–Trinajstić information content (AvgIpc) is 3.10. The van der Waals surface area contributed by atoms with Gasteiger partial charge in [0.25, 0.3) is 5.91 Å². The van der Waals surface area contributed by atoms with E-state index in [4.69, 9.17) is 5.26 Å². The minimum absolute atomic E-state index is 0.152. The first-order valence-corrected chi connectivity index (χ1v) is 8.85. The first-order valence-electron chi connectivity index (χ1n) is 8.85. The number of allylic oxidation sites excluding steroid dienone is 1. The molecule has 2 N–H and O–H groups in total. The SMILES string of the molecule is CC=CCC(=O)N1C[C@H](NC(=O)c2ccc(C#N)nc2)C[C@H]1C(=O)NCC. The number of carbonyl (C=O) groups is 3. The van der Waals surface area contributed by atoms with Gasteiger partial charge in [0.15, 0.2) is 0 Å². The predicted molar refractivity (Wildman–Crippen MR) is 98.4 cm³/mol. The Hall–Kier alpha value is -3.21. The van der Waals surface area contributed by atoms with Crippen molar-refractivity contribution in [1.29, 1.82) is 5.26 Å². The number of hydrogen-bond donors (Lipinski definition) is 2. The summed E-state index contributed by atoms with van der Waals surface area (Å²) >= 11 is 0. The lowest BCUT2D eigenvalue weighted by Crippen LogP contribution is -2.45. The normalized spacial score (nSPS) is 18.9. The molecule has 1 aromatic heterocycles. The highest BCUT2D eigenvalue weighted by Crippen LogP contribution is 2.20. The van der Waals surface area contributed by atoms with Crippen molar-refractivity contribution in [2.45, 2.75) is 38.8 Å². The first kappa shape index (κ1) is 20.1. The van der Waals surface area contributed by atoms with Crippen LogP contribution in [0.2, 0.25) is 0 Å². The second kappa shape index (κ2) is 9.48. The van der Waals surface area contributed by atoms with Gasteiger partial charge in [0.05, 0.1) is 5.56 Å². The highest BCUT2D eigenvalue weighted by atomic mass is 16.2. The summed E-state index contributed by atoms with van der Waals surface area (Å²) < 4.78 is 0. The molecule has 3 amide bonds. The molecule has 0 saturated carbocycles. The smallest absolute Gasteiger partial charge is 0.253 e. The third-order valence-corrected chi connectivity index (χ3v) is 4.28. The van der Waals surface area contributed by atoms with E-state index in [1.807, 2.05) is 19.9 Å². The van der Waals surface area contributed by atoms with Gasteiger partial charge in [-0.3, -0.25) is 14.4 Å². The molecule has 1 aromatic rings. The highest BCUT2D eigenvalue weighted by Gasteiger charge is 2.39. The van der Waals surface area contributed by atoms with Gasteiger partial charge in [0, 0.05) is 31.7 Å². The largest absolute Gasteiger partial charge is 0.355 e. The fourth-order valence-electron chi connectivity index (χ4n) is 2.96. The molecule has 1 aliphatic heterocycles. The lowest BCUT2D eigenvalue weighted by Gasteiger charge is -2.23. The van der Waals surface area contributed by atoms with Crippen LogP contribution in [-0.2, 0) is 9.59 Å². The van der Waals surface area contributed by atoms with Crippen molar-refractivity contribution in [3.05, 3.63) is 41.7 Å². The van der Waals surface area contributed by atoms with Crippen LogP contribution in [0.4, 0.5) is 0 Å². The molecule has 0 spiro atoms. The molecule has 0 aromatic carbocycles. The minimum Gasteiger partial charge on any atom is -0.355 e. The monoisotopic (exact) mass is 369 g/mol. The molecule has 0 radical (unpaired) electrons. The van der Waals surface area contributed by atoms with E-state index < -0.39 is 6.04 Å². The standard InChI is InChI=1S/C19H23N5O3/c1-3-5-6-17(25)24-12-15(9-16(24)19(27)21-4-2)23-18(26)13-7-8-14(10-20)22-11-13/h3,5,7-8,11,15-16H,4,6,9,12H2,1-2H3,(H,21,27)(H,23,26)/t15-,16+/m1/s1. The second-order valence-corrected chi connectivity index (χ2v) is 6.18. The fraction of sp³-hybridized carbons (Fsp3) is 0.421. The molecule has 142 valence electrons. The zero-order chi connectivity index (χ0) is 19.8. The van der Waals surface area contributed by atoms with Gasteiger partial charge in [0.1, 0.15) is 17.8 Å².